The van der Waals surface area contributed by atoms with Gasteiger partial charge in [-0.05, 0) is 29.8 Å². The monoisotopic (exact) mass is 322 g/mol. The Bertz CT molecular complexity index is 843. The summed E-state index contributed by atoms with van der Waals surface area (Å²) in [4.78, 5) is 16.3. The van der Waals surface area contributed by atoms with Gasteiger partial charge in [0, 0.05) is 18.1 Å². The van der Waals surface area contributed by atoms with Crippen molar-refractivity contribution in [2.45, 2.75) is 6.54 Å². The van der Waals surface area contributed by atoms with Crippen molar-refractivity contribution < 1.29 is 14.3 Å². The summed E-state index contributed by atoms with van der Waals surface area (Å²) >= 11 is 0. The molecule has 3 rings (SSSR count). The fourth-order valence-corrected chi connectivity index (χ4v) is 2.44. The second kappa shape index (κ2) is 7.46. The lowest BCUT2D eigenvalue weighted by molar-refractivity contribution is -0.123. The number of carbonyl (C=O) groups excluding carboxylic acids is 1. The van der Waals surface area contributed by atoms with Gasteiger partial charge < -0.3 is 14.8 Å². The predicted molar refractivity (Wildman–Crippen MR) is 92.1 cm³/mol. The van der Waals surface area contributed by atoms with Crippen LogP contribution in [0.2, 0.25) is 0 Å². The standard InChI is InChI=1S/C19H18N2O3/c1-23-17-8-4-5-9-18(17)24-13-19(22)21-12-14-10-11-20-16-7-3-2-6-15(14)16/h2-11H,12-13H2,1H3,(H,21,22). The number of methoxy groups -OCH3 is 1. The molecule has 0 bridgehead atoms. The summed E-state index contributed by atoms with van der Waals surface area (Å²) in [5.41, 5.74) is 1.93. The third kappa shape index (κ3) is 3.63. The molecule has 122 valence electrons. The molecule has 0 unspecified atom stereocenters. The van der Waals surface area contributed by atoms with Gasteiger partial charge in [-0.1, -0.05) is 30.3 Å². The minimum absolute atomic E-state index is 0.0661. The zero-order valence-corrected chi connectivity index (χ0v) is 13.4. The third-order valence-electron chi connectivity index (χ3n) is 3.64. The highest BCUT2D eigenvalue weighted by Gasteiger charge is 2.08. The molecule has 0 aliphatic carbocycles. The summed E-state index contributed by atoms with van der Waals surface area (Å²) < 4.78 is 10.7. The second-order valence-electron chi connectivity index (χ2n) is 5.20. The van der Waals surface area contributed by atoms with Crippen molar-refractivity contribution in [3.63, 3.8) is 0 Å². The molecule has 24 heavy (non-hydrogen) atoms. The van der Waals surface area contributed by atoms with Crippen LogP contribution in [0.1, 0.15) is 5.56 Å². The van der Waals surface area contributed by atoms with Gasteiger partial charge in [0.15, 0.2) is 18.1 Å². The van der Waals surface area contributed by atoms with E-state index in [1.54, 1.807) is 25.4 Å². The highest BCUT2D eigenvalue weighted by Crippen LogP contribution is 2.25. The van der Waals surface area contributed by atoms with Crippen LogP contribution in [0.15, 0.2) is 60.8 Å². The lowest BCUT2D eigenvalue weighted by Gasteiger charge is -2.11. The Labute approximate surface area is 140 Å². The first-order chi connectivity index (χ1) is 11.8. The Morgan fingerprint density at radius 3 is 2.62 bits per heavy atom. The number of fused-ring (bicyclic) bond motifs is 1. The molecule has 0 aliphatic heterocycles. The molecule has 0 aliphatic rings. The van der Waals surface area contributed by atoms with Crippen LogP contribution in [0, 0.1) is 0 Å². The van der Waals surface area contributed by atoms with E-state index in [0.29, 0.717) is 18.0 Å². The zero-order valence-electron chi connectivity index (χ0n) is 13.4. The molecule has 1 N–H and O–H groups in total. The van der Waals surface area contributed by atoms with Gasteiger partial charge in [-0.15, -0.1) is 0 Å². The summed E-state index contributed by atoms with van der Waals surface area (Å²) in [5.74, 6) is 0.955. The molecular weight excluding hydrogens is 304 g/mol. The number of hydrogen-bond donors (Lipinski definition) is 1. The van der Waals surface area contributed by atoms with E-state index >= 15 is 0 Å². The average molecular weight is 322 g/mol. The van der Waals surface area contributed by atoms with E-state index < -0.39 is 0 Å². The molecule has 0 saturated heterocycles. The SMILES string of the molecule is COc1ccccc1OCC(=O)NCc1ccnc2ccccc12. The topological polar surface area (TPSA) is 60.5 Å². The lowest BCUT2D eigenvalue weighted by Crippen LogP contribution is -2.28. The number of benzene rings is 2. The van der Waals surface area contributed by atoms with Crippen molar-refractivity contribution in [3.8, 4) is 11.5 Å². The first kappa shape index (κ1) is 15.8. The maximum absolute atomic E-state index is 12.0. The number of rotatable bonds is 6. The van der Waals surface area contributed by atoms with Gasteiger partial charge in [-0.3, -0.25) is 9.78 Å². The van der Waals surface area contributed by atoms with Crippen molar-refractivity contribution in [2.75, 3.05) is 13.7 Å². The van der Waals surface area contributed by atoms with E-state index in [2.05, 4.69) is 10.3 Å². The molecule has 0 atom stereocenters. The van der Waals surface area contributed by atoms with Crippen molar-refractivity contribution in [1.82, 2.24) is 10.3 Å². The van der Waals surface area contributed by atoms with Crippen molar-refractivity contribution in [1.29, 1.82) is 0 Å². The van der Waals surface area contributed by atoms with E-state index in [0.717, 1.165) is 16.5 Å². The van der Waals surface area contributed by atoms with Crippen molar-refractivity contribution in [3.05, 3.63) is 66.4 Å². The van der Waals surface area contributed by atoms with Crippen LogP contribution in [-0.4, -0.2) is 24.6 Å². The van der Waals surface area contributed by atoms with Gasteiger partial charge in [0.05, 0.1) is 12.6 Å². The van der Waals surface area contributed by atoms with E-state index in [-0.39, 0.29) is 12.5 Å². The van der Waals surface area contributed by atoms with Gasteiger partial charge >= 0.3 is 0 Å². The van der Waals surface area contributed by atoms with Crippen LogP contribution < -0.4 is 14.8 Å². The van der Waals surface area contributed by atoms with Crippen LogP contribution in [0.3, 0.4) is 0 Å². The predicted octanol–water partition coefficient (Wildman–Crippen LogP) is 2.94. The normalized spacial score (nSPS) is 10.4. The molecule has 3 aromatic rings. The minimum Gasteiger partial charge on any atom is -0.493 e. The molecule has 1 heterocycles. The quantitative estimate of drug-likeness (QED) is 0.758. The van der Waals surface area contributed by atoms with E-state index in [1.165, 1.54) is 0 Å². The molecule has 2 aromatic carbocycles. The number of carbonyl (C=O) groups is 1. The van der Waals surface area contributed by atoms with Gasteiger partial charge in [0.25, 0.3) is 5.91 Å². The molecule has 0 spiro atoms. The first-order valence-electron chi connectivity index (χ1n) is 7.63. The average Bonchev–Trinajstić information content (AvgIpc) is 2.64. The van der Waals surface area contributed by atoms with Crippen LogP contribution in [0.5, 0.6) is 11.5 Å². The molecule has 1 amide bonds. The summed E-state index contributed by atoms with van der Waals surface area (Å²) in [6.45, 7) is 0.362. The van der Waals surface area contributed by atoms with Crippen molar-refractivity contribution in [2.24, 2.45) is 0 Å². The van der Waals surface area contributed by atoms with Crippen LogP contribution in [-0.2, 0) is 11.3 Å². The highest BCUT2D eigenvalue weighted by molar-refractivity contribution is 5.83. The molecule has 0 fully saturated rings. The summed E-state index contributed by atoms with van der Waals surface area (Å²) in [5, 5.41) is 3.90. The second-order valence-corrected chi connectivity index (χ2v) is 5.20. The Morgan fingerprint density at radius 1 is 1.04 bits per heavy atom. The van der Waals surface area contributed by atoms with E-state index in [1.807, 2.05) is 42.5 Å². The smallest absolute Gasteiger partial charge is 0.258 e. The number of aromatic nitrogens is 1. The summed E-state index contributed by atoms with van der Waals surface area (Å²) in [6.07, 6.45) is 1.75. The molecule has 5 nitrogen and oxygen atoms in total. The number of nitrogens with one attached hydrogen (secondary N) is 1. The maximum atomic E-state index is 12.0. The third-order valence-corrected chi connectivity index (χ3v) is 3.64. The number of nitrogens with zero attached hydrogens (tertiary/aromatic N) is 1. The van der Waals surface area contributed by atoms with Crippen LogP contribution in [0.4, 0.5) is 0 Å². The number of para-hydroxylation sites is 3. The van der Waals surface area contributed by atoms with E-state index in [4.69, 9.17) is 9.47 Å². The lowest BCUT2D eigenvalue weighted by atomic mass is 10.1. The molecule has 0 radical (unpaired) electrons. The molecule has 1 aromatic heterocycles. The van der Waals surface area contributed by atoms with Crippen molar-refractivity contribution >= 4 is 16.8 Å². The fourth-order valence-electron chi connectivity index (χ4n) is 2.44. The Balaban J connectivity index is 1.59. The zero-order chi connectivity index (χ0) is 16.8. The molecule has 5 heteroatoms. The largest absolute Gasteiger partial charge is 0.493 e. The van der Waals surface area contributed by atoms with E-state index in [9.17, 15) is 4.79 Å². The Kier molecular flexibility index (Phi) is 4.91. The molecule has 0 saturated carbocycles. The molecular formula is C19H18N2O3. The fraction of sp³-hybridized carbons (Fsp3) is 0.158. The maximum Gasteiger partial charge on any atom is 0.258 e. The number of pyridine rings is 1. The van der Waals surface area contributed by atoms with Gasteiger partial charge in [0.1, 0.15) is 0 Å². The summed E-state index contributed by atoms with van der Waals surface area (Å²) in [7, 11) is 1.57. The number of amides is 1. The van der Waals surface area contributed by atoms with Gasteiger partial charge in [-0.2, -0.15) is 0 Å². The Morgan fingerprint density at radius 2 is 1.79 bits per heavy atom. The number of hydrogen-bond acceptors (Lipinski definition) is 4. The Hall–Kier alpha value is -3.08. The minimum atomic E-state index is -0.193. The van der Waals surface area contributed by atoms with Crippen LogP contribution in [0.25, 0.3) is 10.9 Å². The van der Waals surface area contributed by atoms with Gasteiger partial charge in [-0.25, -0.2) is 0 Å². The highest BCUT2D eigenvalue weighted by atomic mass is 16.5. The van der Waals surface area contributed by atoms with Crippen LogP contribution >= 0.6 is 0 Å². The first-order valence-corrected chi connectivity index (χ1v) is 7.63. The van der Waals surface area contributed by atoms with Gasteiger partial charge in [0.2, 0.25) is 0 Å². The summed E-state index contributed by atoms with van der Waals surface area (Å²) in [6, 6.07) is 17.0. The number of ether oxygens (including phenoxy) is 2.